The van der Waals surface area contributed by atoms with Gasteiger partial charge in [-0.1, -0.05) is 11.6 Å². The van der Waals surface area contributed by atoms with E-state index in [2.05, 4.69) is 10.3 Å². The van der Waals surface area contributed by atoms with E-state index in [4.69, 9.17) is 16.3 Å². The van der Waals surface area contributed by atoms with Gasteiger partial charge in [-0.25, -0.2) is 4.98 Å². The maximum Gasteiger partial charge on any atom is 0.417 e. The summed E-state index contributed by atoms with van der Waals surface area (Å²) in [6, 6.07) is 0.815. The average molecular weight is 253 g/mol. The van der Waals surface area contributed by atoms with E-state index in [1.54, 1.807) is 0 Å². The summed E-state index contributed by atoms with van der Waals surface area (Å²) < 4.78 is 42.1. The Morgan fingerprint density at radius 1 is 1.44 bits per heavy atom. The fourth-order valence-corrected chi connectivity index (χ4v) is 1.38. The average Bonchev–Trinajstić information content (AvgIpc) is 2.11. The van der Waals surface area contributed by atoms with E-state index in [9.17, 15) is 13.2 Å². The topological polar surface area (TPSA) is 34.1 Å². The molecule has 0 amide bonds. The van der Waals surface area contributed by atoms with Crippen LogP contribution in [0.3, 0.4) is 0 Å². The summed E-state index contributed by atoms with van der Waals surface area (Å²) in [7, 11) is 0. The van der Waals surface area contributed by atoms with Crippen molar-refractivity contribution < 1.29 is 17.9 Å². The first-order valence-electron chi connectivity index (χ1n) is 4.57. The lowest BCUT2D eigenvalue weighted by Crippen LogP contribution is -2.50. The van der Waals surface area contributed by atoms with Crippen molar-refractivity contribution in [1.82, 2.24) is 10.3 Å². The van der Waals surface area contributed by atoms with Crippen molar-refractivity contribution in [3.63, 3.8) is 0 Å². The van der Waals surface area contributed by atoms with Gasteiger partial charge in [-0.15, -0.1) is 0 Å². The van der Waals surface area contributed by atoms with E-state index in [1.807, 2.05) is 0 Å². The van der Waals surface area contributed by atoms with Crippen LogP contribution >= 0.6 is 11.6 Å². The number of rotatable bonds is 2. The maximum atomic E-state index is 12.3. The van der Waals surface area contributed by atoms with Gasteiger partial charge in [0.2, 0.25) is 5.88 Å². The number of aromatic nitrogens is 1. The molecule has 16 heavy (non-hydrogen) atoms. The van der Waals surface area contributed by atoms with E-state index in [1.165, 1.54) is 0 Å². The molecule has 1 aliphatic heterocycles. The molecule has 0 radical (unpaired) electrons. The zero-order chi connectivity index (χ0) is 11.8. The number of nitrogens with one attached hydrogen (secondary N) is 1. The van der Waals surface area contributed by atoms with Crippen LogP contribution in [0.25, 0.3) is 0 Å². The van der Waals surface area contributed by atoms with Gasteiger partial charge in [-0.2, -0.15) is 13.2 Å². The van der Waals surface area contributed by atoms with Crippen molar-refractivity contribution in [3.8, 4) is 5.88 Å². The number of hydrogen-bond acceptors (Lipinski definition) is 3. The highest BCUT2D eigenvalue weighted by atomic mass is 35.5. The van der Waals surface area contributed by atoms with Gasteiger partial charge in [0.15, 0.2) is 0 Å². The summed E-state index contributed by atoms with van der Waals surface area (Å²) in [6.07, 6.45) is -3.79. The molecular weight excluding hydrogens is 245 g/mol. The van der Waals surface area contributed by atoms with Crippen LogP contribution in [-0.4, -0.2) is 24.2 Å². The Labute approximate surface area is 94.6 Å². The summed E-state index contributed by atoms with van der Waals surface area (Å²) >= 11 is 5.65. The van der Waals surface area contributed by atoms with Crippen molar-refractivity contribution in [2.75, 3.05) is 13.1 Å². The molecule has 7 heteroatoms. The first-order valence-corrected chi connectivity index (χ1v) is 4.95. The van der Waals surface area contributed by atoms with Crippen molar-refractivity contribution in [2.45, 2.75) is 12.3 Å². The first-order chi connectivity index (χ1) is 7.47. The standard InChI is InChI=1S/C9H8ClF3N2O/c10-7-1-5(9(11,12)13)2-15-8(7)16-6-3-14-4-6/h1-2,6,14H,3-4H2. The molecule has 88 valence electrons. The van der Waals surface area contributed by atoms with E-state index in [0.29, 0.717) is 19.3 Å². The van der Waals surface area contributed by atoms with Crippen LogP contribution in [0.15, 0.2) is 12.3 Å². The molecule has 2 rings (SSSR count). The minimum absolute atomic E-state index is 0.0427. The molecule has 0 atom stereocenters. The minimum atomic E-state index is -4.44. The molecule has 0 saturated carbocycles. The quantitative estimate of drug-likeness (QED) is 0.875. The number of halogens is 4. The molecule has 3 nitrogen and oxygen atoms in total. The Morgan fingerprint density at radius 2 is 2.12 bits per heavy atom. The molecule has 1 N–H and O–H groups in total. The Bertz CT molecular complexity index is 393. The lowest BCUT2D eigenvalue weighted by Gasteiger charge is -2.27. The largest absolute Gasteiger partial charge is 0.471 e. The maximum absolute atomic E-state index is 12.3. The summed E-state index contributed by atoms with van der Waals surface area (Å²) in [5.41, 5.74) is -0.878. The van der Waals surface area contributed by atoms with Crippen molar-refractivity contribution >= 4 is 11.6 Å². The van der Waals surface area contributed by atoms with Crippen molar-refractivity contribution in [2.24, 2.45) is 0 Å². The number of nitrogens with zero attached hydrogens (tertiary/aromatic N) is 1. The second-order valence-corrected chi connectivity index (χ2v) is 3.81. The van der Waals surface area contributed by atoms with Crippen LogP contribution in [0.4, 0.5) is 13.2 Å². The van der Waals surface area contributed by atoms with Crippen LogP contribution in [0.1, 0.15) is 5.56 Å². The van der Waals surface area contributed by atoms with Crippen LogP contribution < -0.4 is 10.1 Å². The van der Waals surface area contributed by atoms with E-state index >= 15 is 0 Å². The van der Waals surface area contributed by atoms with Gasteiger partial charge in [0.05, 0.1) is 5.56 Å². The van der Waals surface area contributed by atoms with Crippen LogP contribution in [0.2, 0.25) is 5.02 Å². The van der Waals surface area contributed by atoms with E-state index in [0.717, 1.165) is 6.07 Å². The molecular formula is C9H8ClF3N2O. The molecule has 2 heterocycles. The van der Waals surface area contributed by atoms with Gasteiger partial charge < -0.3 is 10.1 Å². The van der Waals surface area contributed by atoms with Gasteiger partial charge in [-0.3, -0.25) is 0 Å². The molecule has 0 aromatic carbocycles. The van der Waals surface area contributed by atoms with Crippen LogP contribution in [-0.2, 0) is 6.18 Å². The fraction of sp³-hybridized carbons (Fsp3) is 0.444. The molecule has 1 aromatic heterocycles. The third-order valence-corrected chi connectivity index (χ3v) is 2.43. The molecule has 1 aromatic rings. The lowest BCUT2D eigenvalue weighted by molar-refractivity contribution is -0.137. The van der Waals surface area contributed by atoms with Gasteiger partial charge in [-0.05, 0) is 6.07 Å². The predicted molar refractivity (Wildman–Crippen MR) is 51.5 cm³/mol. The number of alkyl halides is 3. The molecule has 0 unspecified atom stereocenters. The highest BCUT2D eigenvalue weighted by molar-refractivity contribution is 6.31. The second kappa shape index (κ2) is 4.10. The Kier molecular flexibility index (Phi) is 2.94. The van der Waals surface area contributed by atoms with Gasteiger partial charge in [0, 0.05) is 19.3 Å². The lowest BCUT2D eigenvalue weighted by atomic mass is 10.2. The van der Waals surface area contributed by atoms with Crippen LogP contribution in [0.5, 0.6) is 5.88 Å². The Morgan fingerprint density at radius 3 is 2.56 bits per heavy atom. The number of ether oxygens (including phenoxy) is 1. The van der Waals surface area contributed by atoms with Gasteiger partial charge in [0.25, 0.3) is 0 Å². The molecule has 1 fully saturated rings. The fourth-order valence-electron chi connectivity index (χ4n) is 1.17. The second-order valence-electron chi connectivity index (χ2n) is 3.41. The molecule has 1 saturated heterocycles. The smallest absolute Gasteiger partial charge is 0.417 e. The van der Waals surface area contributed by atoms with Crippen LogP contribution in [0, 0.1) is 0 Å². The highest BCUT2D eigenvalue weighted by Crippen LogP contribution is 2.33. The van der Waals surface area contributed by atoms with Crippen molar-refractivity contribution in [3.05, 3.63) is 22.8 Å². The predicted octanol–water partition coefficient (Wildman–Crippen LogP) is 2.10. The summed E-state index contributed by atoms with van der Waals surface area (Å²) in [5.74, 6) is 0.0427. The van der Waals surface area contributed by atoms with Gasteiger partial charge in [0.1, 0.15) is 11.1 Å². The molecule has 1 aliphatic rings. The Hall–Kier alpha value is -1.01. The van der Waals surface area contributed by atoms with Gasteiger partial charge >= 0.3 is 6.18 Å². The SMILES string of the molecule is FC(F)(F)c1cnc(OC2CNC2)c(Cl)c1. The van der Waals surface area contributed by atoms with E-state index < -0.39 is 11.7 Å². The summed E-state index contributed by atoms with van der Waals surface area (Å²) in [5, 5.41) is 2.84. The molecule has 0 spiro atoms. The Balaban J connectivity index is 2.15. The molecule has 0 aliphatic carbocycles. The van der Waals surface area contributed by atoms with Crippen molar-refractivity contribution in [1.29, 1.82) is 0 Å². The molecule has 0 bridgehead atoms. The number of pyridine rings is 1. The van der Waals surface area contributed by atoms with E-state index in [-0.39, 0.29) is 17.0 Å². The summed E-state index contributed by atoms with van der Waals surface area (Å²) in [6.45, 7) is 1.30. The highest BCUT2D eigenvalue weighted by Gasteiger charge is 2.32. The third kappa shape index (κ3) is 2.38. The first kappa shape index (κ1) is 11.5. The minimum Gasteiger partial charge on any atom is -0.471 e. The monoisotopic (exact) mass is 252 g/mol. The zero-order valence-corrected chi connectivity index (χ0v) is 8.77. The third-order valence-electron chi connectivity index (χ3n) is 2.16. The zero-order valence-electron chi connectivity index (χ0n) is 8.01. The summed E-state index contributed by atoms with van der Waals surface area (Å²) in [4.78, 5) is 3.56. The normalized spacial score (nSPS) is 17.0. The number of hydrogen-bond donors (Lipinski definition) is 1.